The van der Waals surface area contributed by atoms with Gasteiger partial charge in [-0.2, -0.15) is 0 Å². The van der Waals surface area contributed by atoms with E-state index in [2.05, 4.69) is 17.1 Å². The standard InChI is InChI=1S/C20H29N3O3/c1-2-16-6-3-4-7-18(16)23-15-17(14-19(23)24)20(25)21-8-5-9-22-10-12-26-13-11-22/h3-4,6-7,17H,2,5,8-15H2,1H3,(H,21,25). The summed E-state index contributed by atoms with van der Waals surface area (Å²) in [5, 5.41) is 3.01. The zero-order valence-corrected chi connectivity index (χ0v) is 15.6. The van der Waals surface area contributed by atoms with Crippen LogP contribution in [0.15, 0.2) is 24.3 Å². The molecule has 0 saturated carbocycles. The third-order valence-electron chi connectivity index (χ3n) is 5.21. The first-order valence-electron chi connectivity index (χ1n) is 9.65. The normalized spacial score (nSPS) is 21.2. The van der Waals surface area contributed by atoms with Crippen LogP contribution in [0.3, 0.4) is 0 Å². The number of rotatable bonds is 7. The van der Waals surface area contributed by atoms with Gasteiger partial charge in [-0.3, -0.25) is 14.5 Å². The SMILES string of the molecule is CCc1ccccc1N1CC(C(=O)NCCCN2CCOCC2)CC1=O. The molecule has 0 aliphatic carbocycles. The summed E-state index contributed by atoms with van der Waals surface area (Å²) in [6.45, 7) is 7.73. The molecule has 142 valence electrons. The number of anilines is 1. The van der Waals surface area contributed by atoms with Gasteiger partial charge in [-0.1, -0.05) is 25.1 Å². The molecule has 0 spiro atoms. The van der Waals surface area contributed by atoms with Crippen molar-refractivity contribution in [2.45, 2.75) is 26.2 Å². The second-order valence-corrected chi connectivity index (χ2v) is 6.99. The van der Waals surface area contributed by atoms with E-state index in [0.29, 0.717) is 19.5 Å². The van der Waals surface area contributed by atoms with Crippen molar-refractivity contribution in [3.63, 3.8) is 0 Å². The molecule has 6 nitrogen and oxygen atoms in total. The lowest BCUT2D eigenvalue weighted by molar-refractivity contribution is -0.126. The Morgan fingerprint density at radius 2 is 2.04 bits per heavy atom. The number of para-hydroxylation sites is 1. The van der Waals surface area contributed by atoms with Crippen LogP contribution in [0.1, 0.15) is 25.3 Å². The van der Waals surface area contributed by atoms with Crippen LogP contribution in [0.25, 0.3) is 0 Å². The highest BCUT2D eigenvalue weighted by Crippen LogP contribution is 2.28. The van der Waals surface area contributed by atoms with Crippen LogP contribution in [-0.4, -0.2) is 62.7 Å². The maximum absolute atomic E-state index is 12.4. The van der Waals surface area contributed by atoms with Crippen LogP contribution in [0, 0.1) is 5.92 Å². The van der Waals surface area contributed by atoms with Crippen molar-refractivity contribution in [3.8, 4) is 0 Å². The number of carbonyl (C=O) groups excluding carboxylic acids is 2. The third kappa shape index (κ3) is 4.62. The predicted molar refractivity (Wildman–Crippen MR) is 101 cm³/mol. The van der Waals surface area contributed by atoms with E-state index in [1.807, 2.05) is 24.3 Å². The second-order valence-electron chi connectivity index (χ2n) is 6.99. The molecule has 2 amide bonds. The number of ether oxygens (including phenoxy) is 1. The van der Waals surface area contributed by atoms with E-state index in [0.717, 1.165) is 56.9 Å². The number of benzene rings is 1. The van der Waals surface area contributed by atoms with Crippen molar-refractivity contribution in [1.82, 2.24) is 10.2 Å². The van der Waals surface area contributed by atoms with Gasteiger partial charge in [0.05, 0.1) is 19.1 Å². The average molecular weight is 359 g/mol. The fourth-order valence-corrected chi connectivity index (χ4v) is 3.67. The lowest BCUT2D eigenvalue weighted by Gasteiger charge is -2.26. The molecule has 0 aromatic heterocycles. The molecule has 0 radical (unpaired) electrons. The number of hydrogen-bond acceptors (Lipinski definition) is 4. The summed E-state index contributed by atoms with van der Waals surface area (Å²) in [7, 11) is 0. The van der Waals surface area contributed by atoms with Crippen molar-refractivity contribution in [1.29, 1.82) is 0 Å². The van der Waals surface area contributed by atoms with Crippen molar-refractivity contribution in [3.05, 3.63) is 29.8 Å². The van der Waals surface area contributed by atoms with E-state index in [1.54, 1.807) is 4.90 Å². The van der Waals surface area contributed by atoms with E-state index >= 15 is 0 Å². The molecule has 1 atom stereocenters. The molecular formula is C20H29N3O3. The quantitative estimate of drug-likeness (QED) is 0.749. The summed E-state index contributed by atoms with van der Waals surface area (Å²) in [5.41, 5.74) is 2.09. The Balaban J connectivity index is 1.46. The van der Waals surface area contributed by atoms with Crippen LogP contribution in [-0.2, 0) is 20.7 Å². The van der Waals surface area contributed by atoms with Crippen molar-refractivity contribution in [2.75, 3.05) is 50.8 Å². The van der Waals surface area contributed by atoms with Crippen molar-refractivity contribution < 1.29 is 14.3 Å². The fraction of sp³-hybridized carbons (Fsp3) is 0.600. The molecule has 2 saturated heterocycles. The van der Waals surface area contributed by atoms with Gasteiger partial charge in [0.15, 0.2) is 0 Å². The molecule has 6 heteroatoms. The van der Waals surface area contributed by atoms with E-state index in [-0.39, 0.29) is 17.7 Å². The molecule has 1 aromatic rings. The number of nitrogens with zero attached hydrogens (tertiary/aromatic N) is 2. The number of morpholine rings is 1. The molecule has 0 bridgehead atoms. The van der Waals surface area contributed by atoms with Crippen LogP contribution < -0.4 is 10.2 Å². The van der Waals surface area contributed by atoms with Gasteiger partial charge in [0.25, 0.3) is 0 Å². The van der Waals surface area contributed by atoms with Gasteiger partial charge in [0.1, 0.15) is 0 Å². The van der Waals surface area contributed by atoms with E-state index in [1.165, 1.54) is 0 Å². The van der Waals surface area contributed by atoms with E-state index in [9.17, 15) is 9.59 Å². The van der Waals surface area contributed by atoms with Crippen LogP contribution >= 0.6 is 0 Å². The maximum Gasteiger partial charge on any atom is 0.227 e. The number of amides is 2. The average Bonchev–Trinajstić information content (AvgIpc) is 3.07. The topological polar surface area (TPSA) is 61.9 Å². The molecular weight excluding hydrogens is 330 g/mol. The Labute approximate surface area is 155 Å². The Morgan fingerprint density at radius 1 is 1.27 bits per heavy atom. The van der Waals surface area contributed by atoms with Crippen LogP contribution in [0.2, 0.25) is 0 Å². The van der Waals surface area contributed by atoms with Gasteiger partial charge >= 0.3 is 0 Å². The minimum atomic E-state index is -0.254. The molecule has 3 rings (SSSR count). The summed E-state index contributed by atoms with van der Waals surface area (Å²) >= 11 is 0. The van der Waals surface area contributed by atoms with E-state index in [4.69, 9.17) is 4.74 Å². The highest BCUT2D eigenvalue weighted by atomic mass is 16.5. The molecule has 1 unspecified atom stereocenters. The van der Waals surface area contributed by atoms with Crippen LogP contribution in [0.5, 0.6) is 0 Å². The summed E-state index contributed by atoms with van der Waals surface area (Å²) in [5.74, 6) is -0.216. The van der Waals surface area contributed by atoms with Crippen LogP contribution in [0.4, 0.5) is 5.69 Å². The zero-order chi connectivity index (χ0) is 18.4. The molecule has 26 heavy (non-hydrogen) atoms. The van der Waals surface area contributed by atoms with Gasteiger partial charge in [0.2, 0.25) is 11.8 Å². The Kier molecular flexibility index (Phi) is 6.63. The number of nitrogens with one attached hydrogen (secondary N) is 1. The highest BCUT2D eigenvalue weighted by molar-refractivity contribution is 6.00. The predicted octanol–water partition coefficient (Wildman–Crippen LogP) is 1.44. The first-order valence-corrected chi connectivity index (χ1v) is 9.65. The zero-order valence-electron chi connectivity index (χ0n) is 15.6. The minimum absolute atomic E-state index is 0.00296. The highest BCUT2D eigenvalue weighted by Gasteiger charge is 2.35. The van der Waals surface area contributed by atoms with Crippen molar-refractivity contribution in [2.24, 2.45) is 5.92 Å². The Hall–Kier alpha value is -1.92. The molecule has 1 aromatic carbocycles. The first kappa shape index (κ1) is 18.9. The van der Waals surface area contributed by atoms with Gasteiger partial charge in [-0.05, 0) is 31.0 Å². The number of aryl methyl sites for hydroxylation is 1. The van der Waals surface area contributed by atoms with E-state index < -0.39 is 0 Å². The van der Waals surface area contributed by atoms with Gasteiger partial charge in [-0.25, -0.2) is 0 Å². The molecule has 2 aliphatic heterocycles. The third-order valence-corrected chi connectivity index (χ3v) is 5.21. The number of hydrogen-bond donors (Lipinski definition) is 1. The molecule has 1 N–H and O–H groups in total. The summed E-state index contributed by atoms with van der Waals surface area (Å²) in [4.78, 5) is 29.0. The molecule has 2 aliphatic rings. The summed E-state index contributed by atoms with van der Waals surface area (Å²) in [6.07, 6.45) is 2.10. The Morgan fingerprint density at radius 3 is 2.81 bits per heavy atom. The largest absolute Gasteiger partial charge is 0.379 e. The van der Waals surface area contributed by atoms with Crippen molar-refractivity contribution >= 4 is 17.5 Å². The number of carbonyl (C=O) groups is 2. The summed E-state index contributed by atoms with van der Waals surface area (Å²) < 4.78 is 5.34. The maximum atomic E-state index is 12.4. The fourth-order valence-electron chi connectivity index (χ4n) is 3.67. The monoisotopic (exact) mass is 359 g/mol. The van der Waals surface area contributed by atoms with Gasteiger partial charge in [0, 0.05) is 38.3 Å². The molecule has 2 heterocycles. The lowest BCUT2D eigenvalue weighted by Crippen LogP contribution is -2.39. The van der Waals surface area contributed by atoms with Gasteiger partial charge < -0.3 is 15.0 Å². The first-order chi connectivity index (χ1) is 12.7. The molecule has 2 fully saturated rings. The second kappa shape index (κ2) is 9.14. The lowest BCUT2D eigenvalue weighted by atomic mass is 10.1. The van der Waals surface area contributed by atoms with Gasteiger partial charge in [-0.15, -0.1) is 0 Å². The smallest absolute Gasteiger partial charge is 0.227 e. The summed E-state index contributed by atoms with van der Waals surface area (Å²) in [6, 6.07) is 7.95. The Bertz CT molecular complexity index is 628. The minimum Gasteiger partial charge on any atom is -0.379 e.